The Hall–Kier alpha value is -0.250. The van der Waals surface area contributed by atoms with Crippen LogP contribution in [0.3, 0.4) is 0 Å². The van der Waals surface area contributed by atoms with Crippen molar-refractivity contribution in [2.45, 2.75) is 91.1 Å². The molecule has 7 nitrogen and oxygen atoms in total. The first-order chi connectivity index (χ1) is 13.4. The summed E-state index contributed by atoms with van der Waals surface area (Å²) in [6, 6.07) is 0. The zero-order chi connectivity index (χ0) is 21.3. The third-order valence-electron chi connectivity index (χ3n) is 5.32. The molecule has 1 aliphatic heterocycles. The van der Waals surface area contributed by atoms with Crippen molar-refractivity contribution in [1.29, 1.82) is 0 Å². The minimum Gasteiger partial charge on any atom is -0.726 e. The number of β-amino-alcohol motifs (C(OH)–C–C–N with tert-alkyl or cyclic N) is 1. The van der Waals surface area contributed by atoms with Crippen LogP contribution in [0.5, 0.6) is 0 Å². The number of hydrogen-bond donors (Lipinski definition) is 2. The highest BCUT2D eigenvalue weighted by Crippen LogP contribution is 2.12. The number of likely N-dealkylation sites (N-methyl/N-ethyl adjacent to an activating group) is 1. The van der Waals surface area contributed by atoms with Gasteiger partial charge in [0.2, 0.25) is 10.4 Å². The van der Waals surface area contributed by atoms with Gasteiger partial charge in [0.15, 0.2) is 0 Å². The molecule has 1 fully saturated rings. The Labute approximate surface area is 173 Å². The van der Waals surface area contributed by atoms with E-state index < -0.39 is 10.4 Å². The molecule has 0 spiro atoms. The minimum absolute atomic E-state index is 0.0914. The zero-order valence-electron chi connectivity index (χ0n) is 18.3. The van der Waals surface area contributed by atoms with E-state index in [0.717, 1.165) is 6.54 Å². The monoisotopic (exact) mass is 424 g/mol. The van der Waals surface area contributed by atoms with Crippen molar-refractivity contribution in [3.8, 4) is 0 Å². The van der Waals surface area contributed by atoms with E-state index in [1.807, 2.05) is 0 Å². The van der Waals surface area contributed by atoms with Gasteiger partial charge in [-0.05, 0) is 20.3 Å². The molecule has 1 saturated heterocycles. The summed E-state index contributed by atoms with van der Waals surface area (Å²) in [6.45, 7) is 10.7. The van der Waals surface area contributed by atoms with Gasteiger partial charge in [-0.15, -0.1) is 0 Å². The average molecular weight is 425 g/mol. The van der Waals surface area contributed by atoms with E-state index in [0.29, 0.717) is 12.8 Å². The Morgan fingerprint density at radius 2 is 1.61 bits per heavy atom. The molecular formula is C20H44N2O5S. The molecule has 1 heterocycles. The molecule has 2 unspecified atom stereocenters. The number of nitrogens with zero attached hydrogens (tertiary/aromatic N) is 1. The molecule has 1 aliphatic rings. The lowest BCUT2D eigenvalue weighted by molar-refractivity contribution is -0.917. The van der Waals surface area contributed by atoms with E-state index in [9.17, 15) is 18.1 Å². The molecule has 0 aromatic heterocycles. The Balaban J connectivity index is 0.000000887. The van der Waals surface area contributed by atoms with Crippen LogP contribution in [0.1, 0.15) is 85.0 Å². The van der Waals surface area contributed by atoms with Crippen LogP contribution in [0, 0.1) is 0 Å². The molecular weight excluding hydrogens is 380 g/mol. The third kappa shape index (κ3) is 14.7. The van der Waals surface area contributed by atoms with E-state index in [2.05, 4.69) is 22.9 Å². The molecule has 0 amide bonds. The van der Waals surface area contributed by atoms with Crippen molar-refractivity contribution in [1.82, 2.24) is 4.90 Å². The van der Waals surface area contributed by atoms with Gasteiger partial charge in [0, 0.05) is 13.0 Å². The molecule has 2 N–H and O–H groups in total. The van der Waals surface area contributed by atoms with Crippen molar-refractivity contribution in [2.24, 2.45) is 0 Å². The Morgan fingerprint density at radius 3 is 2.04 bits per heavy atom. The fourth-order valence-corrected chi connectivity index (χ4v) is 4.14. The van der Waals surface area contributed by atoms with E-state index in [1.165, 1.54) is 90.8 Å². The van der Waals surface area contributed by atoms with Gasteiger partial charge in [0.25, 0.3) is 0 Å². The van der Waals surface area contributed by atoms with Crippen LogP contribution in [-0.2, 0) is 14.6 Å². The number of aliphatic hydroxyl groups is 1. The van der Waals surface area contributed by atoms with Crippen LogP contribution in [-0.4, -0.2) is 68.5 Å². The highest BCUT2D eigenvalue weighted by molar-refractivity contribution is 7.80. The minimum atomic E-state index is -4.42. The standard InChI is InChI=1S/C18H38N2O.C2H6O4S/c1-3-5-6-7-8-9-10-11-12-13-18-19(4-2)14-15-20(18)16-17-21;1-2-6-7(3,4)5/h18,21H,3-17H2,1-2H3;2H2,1H3,(H,3,4,5). The lowest BCUT2D eigenvalue weighted by atomic mass is 10.1. The SMILES string of the molecule is CCCCCCCCCCCC1N(CCO)CC[NH+]1CC.CCOS(=O)(=O)[O-]. The first-order valence-electron chi connectivity index (χ1n) is 11.2. The van der Waals surface area contributed by atoms with Crippen LogP contribution in [0.2, 0.25) is 0 Å². The van der Waals surface area contributed by atoms with Gasteiger partial charge in [0.05, 0.1) is 32.8 Å². The number of unbranched alkanes of at least 4 members (excludes halogenated alkanes) is 8. The van der Waals surface area contributed by atoms with Gasteiger partial charge in [-0.1, -0.05) is 58.3 Å². The molecule has 28 heavy (non-hydrogen) atoms. The van der Waals surface area contributed by atoms with Crippen molar-refractivity contribution in [3.63, 3.8) is 0 Å². The molecule has 170 valence electrons. The largest absolute Gasteiger partial charge is 0.726 e. The lowest BCUT2D eigenvalue weighted by Crippen LogP contribution is -3.14. The number of nitrogens with one attached hydrogen (secondary N) is 1. The molecule has 1 rings (SSSR count). The number of quaternary nitrogens is 1. The second-order valence-electron chi connectivity index (χ2n) is 7.47. The molecule has 8 heteroatoms. The summed E-state index contributed by atoms with van der Waals surface area (Å²) in [5, 5.41) is 9.18. The van der Waals surface area contributed by atoms with Gasteiger partial charge < -0.3 is 14.6 Å². The topological polar surface area (TPSA) is 94.3 Å². The van der Waals surface area contributed by atoms with Crippen molar-refractivity contribution in [2.75, 3.05) is 39.4 Å². The lowest BCUT2D eigenvalue weighted by Gasteiger charge is -2.26. The summed E-state index contributed by atoms with van der Waals surface area (Å²) in [5.41, 5.74) is 0. The molecule has 0 aliphatic carbocycles. The van der Waals surface area contributed by atoms with E-state index >= 15 is 0 Å². The van der Waals surface area contributed by atoms with Crippen LogP contribution in [0.25, 0.3) is 0 Å². The summed E-state index contributed by atoms with van der Waals surface area (Å²) >= 11 is 0. The Kier molecular flexibility index (Phi) is 17.4. The normalized spacial score (nSPS) is 20.2. The summed E-state index contributed by atoms with van der Waals surface area (Å²) in [7, 11) is -4.42. The number of hydrogen-bond acceptors (Lipinski definition) is 6. The average Bonchev–Trinajstić information content (AvgIpc) is 3.02. The fourth-order valence-electron chi connectivity index (χ4n) is 3.86. The van der Waals surface area contributed by atoms with Crippen LogP contribution in [0.4, 0.5) is 0 Å². The van der Waals surface area contributed by atoms with Crippen molar-refractivity contribution in [3.05, 3.63) is 0 Å². The first kappa shape index (κ1) is 27.8. The maximum atomic E-state index is 9.45. The quantitative estimate of drug-likeness (QED) is 0.237. The molecule has 0 aromatic rings. The Bertz CT molecular complexity index is 448. The first-order valence-corrected chi connectivity index (χ1v) is 12.5. The van der Waals surface area contributed by atoms with E-state index in [-0.39, 0.29) is 6.61 Å². The van der Waals surface area contributed by atoms with Crippen LogP contribution in [0.15, 0.2) is 0 Å². The zero-order valence-corrected chi connectivity index (χ0v) is 19.1. The molecule has 0 aromatic carbocycles. The highest BCUT2D eigenvalue weighted by atomic mass is 32.3. The second-order valence-corrected chi connectivity index (χ2v) is 8.52. The van der Waals surface area contributed by atoms with Crippen LogP contribution < -0.4 is 4.90 Å². The van der Waals surface area contributed by atoms with E-state index in [4.69, 9.17) is 0 Å². The molecule has 0 saturated carbocycles. The summed E-state index contributed by atoms with van der Waals surface area (Å²) in [5.74, 6) is 0. The van der Waals surface area contributed by atoms with Crippen molar-refractivity contribution >= 4 is 10.4 Å². The number of rotatable bonds is 15. The number of aliphatic hydroxyl groups excluding tert-OH is 1. The predicted octanol–water partition coefficient (Wildman–Crippen LogP) is 1.93. The summed E-state index contributed by atoms with van der Waals surface area (Å²) < 4.78 is 32.0. The van der Waals surface area contributed by atoms with Crippen molar-refractivity contribution < 1.29 is 27.2 Å². The maximum absolute atomic E-state index is 9.45. The summed E-state index contributed by atoms with van der Waals surface area (Å²) in [6.07, 6.45) is 14.7. The van der Waals surface area contributed by atoms with Crippen LogP contribution >= 0.6 is 0 Å². The molecule has 0 radical (unpaired) electrons. The fraction of sp³-hybridized carbons (Fsp3) is 1.00. The second kappa shape index (κ2) is 17.6. The molecule has 2 atom stereocenters. The van der Waals surface area contributed by atoms with Gasteiger partial charge >= 0.3 is 0 Å². The summed E-state index contributed by atoms with van der Waals surface area (Å²) in [4.78, 5) is 4.23. The smallest absolute Gasteiger partial charge is 0.217 e. The van der Waals surface area contributed by atoms with Gasteiger partial charge in [-0.25, -0.2) is 13.3 Å². The van der Waals surface area contributed by atoms with Gasteiger partial charge in [0.1, 0.15) is 6.17 Å². The van der Waals surface area contributed by atoms with E-state index in [1.54, 1.807) is 4.90 Å². The van der Waals surface area contributed by atoms with Gasteiger partial charge in [-0.2, -0.15) is 0 Å². The highest BCUT2D eigenvalue weighted by Gasteiger charge is 2.33. The van der Waals surface area contributed by atoms with Gasteiger partial charge in [-0.3, -0.25) is 4.18 Å². The molecule has 0 bridgehead atoms. The maximum Gasteiger partial charge on any atom is 0.217 e. The third-order valence-corrected chi connectivity index (χ3v) is 5.84. The predicted molar refractivity (Wildman–Crippen MR) is 112 cm³/mol. The Morgan fingerprint density at radius 1 is 1.04 bits per heavy atom.